The first-order chi connectivity index (χ1) is 7.34. The van der Waals surface area contributed by atoms with Crippen LogP contribution in [0.4, 0.5) is 0 Å². The van der Waals surface area contributed by atoms with Crippen LogP contribution >= 0.6 is 0 Å². The SMILES string of the molecule is CCCNCCCC(C)N1CC=CCC1. The molecule has 0 aliphatic carbocycles. The van der Waals surface area contributed by atoms with Crippen LogP contribution in [0, 0.1) is 0 Å². The second-order valence-corrected chi connectivity index (χ2v) is 4.50. The van der Waals surface area contributed by atoms with Gasteiger partial charge in [0.1, 0.15) is 0 Å². The summed E-state index contributed by atoms with van der Waals surface area (Å²) in [5.74, 6) is 0. The molecule has 15 heavy (non-hydrogen) atoms. The summed E-state index contributed by atoms with van der Waals surface area (Å²) in [7, 11) is 0. The Balaban J connectivity index is 2.02. The molecule has 2 nitrogen and oxygen atoms in total. The van der Waals surface area contributed by atoms with Crippen molar-refractivity contribution in [3.05, 3.63) is 12.2 Å². The van der Waals surface area contributed by atoms with Gasteiger partial charge in [0.2, 0.25) is 0 Å². The second kappa shape index (κ2) is 7.89. The lowest BCUT2D eigenvalue weighted by Gasteiger charge is -2.29. The molecule has 0 radical (unpaired) electrons. The molecule has 0 spiro atoms. The fourth-order valence-corrected chi connectivity index (χ4v) is 2.07. The summed E-state index contributed by atoms with van der Waals surface area (Å²) in [4.78, 5) is 2.58. The lowest BCUT2D eigenvalue weighted by molar-refractivity contribution is 0.215. The topological polar surface area (TPSA) is 15.3 Å². The molecular formula is C13H26N2. The molecule has 1 heterocycles. The van der Waals surface area contributed by atoms with Gasteiger partial charge in [-0.1, -0.05) is 19.1 Å². The van der Waals surface area contributed by atoms with Crippen LogP contribution in [0.25, 0.3) is 0 Å². The molecule has 1 aliphatic rings. The number of hydrogen-bond acceptors (Lipinski definition) is 2. The Morgan fingerprint density at radius 3 is 2.87 bits per heavy atom. The van der Waals surface area contributed by atoms with Gasteiger partial charge in [0, 0.05) is 19.1 Å². The quantitative estimate of drug-likeness (QED) is 0.513. The Labute approximate surface area is 94.7 Å². The zero-order valence-corrected chi connectivity index (χ0v) is 10.3. The summed E-state index contributed by atoms with van der Waals surface area (Å²) in [5.41, 5.74) is 0. The van der Waals surface area contributed by atoms with Crippen molar-refractivity contribution in [1.82, 2.24) is 10.2 Å². The molecule has 0 aromatic carbocycles. The molecule has 0 aromatic heterocycles. The minimum Gasteiger partial charge on any atom is -0.317 e. The highest BCUT2D eigenvalue weighted by molar-refractivity contribution is 4.92. The molecule has 0 bridgehead atoms. The summed E-state index contributed by atoms with van der Waals surface area (Å²) >= 11 is 0. The first-order valence-electron chi connectivity index (χ1n) is 6.44. The highest BCUT2D eigenvalue weighted by Crippen LogP contribution is 2.10. The van der Waals surface area contributed by atoms with Crippen molar-refractivity contribution in [2.24, 2.45) is 0 Å². The first-order valence-corrected chi connectivity index (χ1v) is 6.44. The van der Waals surface area contributed by atoms with Crippen molar-refractivity contribution in [3.63, 3.8) is 0 Å². The number of nitrogens with zero attached hydrogens (tertiary/aromatic N) is 1. The standard InChI is InChI=1S/C13H26N2/c1-3-9-14-10-7-8-13(2)15-11-5-4-6-12-15/h4-5,13-14H,3,6-12H2,1-2H3. The van der Waals surface area contributed by atoms with Gasteiger partial charge in [-0.3, -0.25) is 4.90 Å². The minimum atomic E-state index is 0.748. The molecule has 0 aromatic rings. The molecule has 1 aliphatic heterocycles. The summed E-state index contributed by atoms with van der Waals surface area (Å²) in [5, 5.41) is 3.46. The zero-order valence-electron chi connectivity index (χ0n) is 10.3. The number of hydrogen-bond donors (Lipinski definition) is 1. The molecule has 2 heteroatoms. The van der Waals surface area contributed by atoms with Gasteiger partial charge in [-0.05, 0) is 45.7 Å². The fraction of sp³-hybridized carbons (Fsp3) is 0.846. The smallest absolute Gasteiger partial charge is 0.0166 e. The van der Waals surface area contributed by atoms with E-state index in [-0.39, 0.29) is 0 Å². The van der Waals surface area contributed by atoms with Crippen LogP contribution in [0.1, 0.15) is 39.5 Å². The van der Waals surface area contributed by atoms with Gasteiger partial charge < -0.3 is 5.32 Å². The van der Waals surface area contributed by atoms with Crippen LogP contribution < -0.4 is 5.32 Å². The van der Waals surface area contributed by atoms with Gasteiger partial charge in [0.15, 0.2) is 0 Å². The summed E-state index contributed by atoms with van der Waals surface area (Å²) in [6.07, 6.45) is 9.71. The van der Waals surface area contributed by atoms with Crippen LogP contribution in [0.15, 0.2) is 12.2 Å². The normalized spacial score (nSPS) is 19.3. The Morgan fingerprint density at radius 2 is 2.20 bits per heavy atom. The van der Waals surface area contributed by atoms with Gasteiger partial charge in [-0.2, -0.15) is 0 Å². The minimum absolute atomic E-state index is 0.748. The third-order valence-electron chi connectivity index (χ3n) is 3.12. The van der Waals surface area contributed by atoms with Crippen molar-refractivity contribution in [2.75, 3.05) is 26.2 Å². The van der Waals surface area contributed by atoms with E-state index in [0.717, 1.165) is 12.6 Å². The van der Waals surface area contributed by atoms with Gasteiger partial charge in [0.25, 0.3) is 0 Å². The van der Waals surface area contributed by atoms with E-state index in [2.05, 4.69) is 36.2 Å². The average Bonchev–Trinajstić information content (AvgIpc) is 2.30. The average molecular weight is 210 g/mol. The molecule has 88 valence electrons. The fourth-order valence-electron chi connectivity index (χ4n) is 2.07. The molecule has 1 unspecified atom stereocenters. The highest BCUT2D eigenvalue weighted by atomic mass is 15.1. The predicted octanol–water partition coefficient (Wildman–Crippen LogP) is 2.42. The maximum absolute atomic E-state index is 3.46. The molecular weight excluding hydrogens is 184 g/mol. The molecule has 0 saturated heterocycles. The van der Waals surface area contributed by atoms with E-state index in [1.54, 1.807) is 0 Å². The Bertz CT molecular complexity index is 177. The molecule has 1 atom stereocenters. The van der Waals surface area contributed by atoms with Crippen molar-refractivity contribution in [2.45, 2.75) is 45.6 Å². The van der Waals surface area contributed by atoms with Gasteiger partial charge in [0.05, 0.1) is 0 Å². The predicted molar refractivity (Wildman–Crippen MR) is 67.2 cm³/mol. The number of nitrogens with one attached hydrogen (secondary N) is 1. The van der Waals surface area contributed by atoms with Crippen LogP contribution in [-0.4, -0.2) is 37.1 Å². The molecule has 1 N–H and O–H groups in total. The van der Waals surface area contributed by atoms with E-state index in [1.165, 1.54) is 45.3 Å². The maximum Gasteiger partial charge on any atom is 0.0166 e. The molecule has 0 amide bonds. The van der Waals surface area contributed by atoms with Crippen LogP contribution in [0.3, 0.4) is 0 Å². The van der Waals surface area contributed by atoms with E-state index < -0.39 is 0 Å². The van der Waals surface area contributed by atoms with E-state index in [4.69, 9.17) is 0 Å². The lowest BCUT2D eigenvalue weighted by Crippen LogP contribution is -2.36. The van der Waals surface area contributed by atoms with Gasteiger partial charge in [-0.25, -0.2) is 0 Å². The third kappa shape index (κ3) is 5.33. The van der Waals surface area contributed by atoms with Crippen LogP contribution in [0.2, 0.25) is 0 Å². The summed E-state index contributed by atoms with van der Waals surface area (Å²) < 4.78 is 0. The van der Waals surface area contributed by atoms with Crippen molar-refractivity contribution >= 4 is 0 Å². The van der Waals surface area contributed by atoms with E-state index >= 15 is 0 Å². The highest BCUT2D eigenvalue weighted by Gasteiger charge is 2.12. The largest absolute Gasteiger partial charge is 0.317 e. The summed E-state index contributed by atoms with van der Waals surface area (Å²) in [6, 6.07) is 0.748. The third-order valence-corrected chi connectivity index (χ3v) is 3.12. The lowest BCUT2D eigenvalue weighted by atomic mass is 10.1. The number of rotatable bonds is 7. The molecule has 1 rings (SSSR count). The summed E-state index contributed by atoms with van der Waals surface area (Å²) in [6.45, 7) is 9.33. The Morgan fingerprint density at radius 1 is 1.33 bits per heavy atom. The second-order valence-electron chi connectivity index (χ2n) is 4.50. The monoisotopic (exact) mass is 210 g/mol. The van der Waals surface area contributed by atoms with Gasteiger partial charge >= 0.3 is 0 Å². The van der Waals surface area contributed by atoms with Gasteiger partial charge in [-0.15, -0.1) is 0 Å². The maximum atomic E-state index is 3.46. The van der Waals surface area contributed by atoms with Crippen LogP contribution in [-0.2, 0) is 0 Å². The van der Waals surface area contributed by atoms with E-state index in [9.17, 15) is 0 Å². The van der Waals surface area contributed by atoms with Crippen molar-refractivity contribution in [1.29, 1.82) is 0 Å². The zero-order chi connectivity index (χ0) is 10.9. The molecule has 0 saturated carbocycles. The van der Waals surface area contributed by atoms with Crippen molar-refractivity contribution < 1.29 is 0 Å². The van der Waals surface area contributed by atoms with E-state index in [0.29, 0.717) is 0 Å². The first kappa shape index (κ1) is 12.7. The Hall–Kier alpha value is -0.340. The van der Waals surface area contributed by atoms with Crippen LogP contribution in [0.5, 0.6) is 0 Å². The molecule has 0 fully saturated rings. The Kier molecular flexibility index (Phi) is 6.69. The van der Waals surface area contributed by atoms with E-state index in [1.807, 2.05) is 0 Å². The van der Waals surface area contributed by atoms with Crippen molar-refractivity contribution in [3.8, 4) is 0 Å².